The van der Waals surface area contributed by atoms with Gasteiger partial charge in [0.2, 0.25) is 5.91 Å². The van der Waals surface area contributed by atoms with E-state index in [9.17, 15) is 4.79 Å². The molecular weight excluding hydrogens is 356 g/mol. The van der Waals surface area contributed by atoms with Crippen LogP contribution in [0.25, 0.3) is 0 Å². The van der Waals surface area contributed by atoms with E-state index >= 15 is 0 Å². The molecule has 1 aliphatic heterocycles. The molecule has 0 unspecified atom stereocenters. The lowest BCUT2D eigenvalue weighted by molar-refractivity contribution is -0.131. The molecule has 0 bridgehead atoms. The van der Waals surface area contributed by atoms with Gasteiger partial charge in [0, 0.05) is 26.1 Å². The summed E-state index contributed by atoms with van der Waals surface area (Å²) in [4.78, 5) is 14.6. The molecule has 1 amide bonds. The van der Waals surface area contributed by atoms with Crippen LogP contribution in [0.15, 0.2) is 30.3 Å². The molecule has 1 N–H and O–H groups in total. The van der Waals surface area contributed by atoms with Crippen molar-refractivity contribution in [1.29, 1.82) is 0 Å². The molecule has 0 atom stereocenters. The van der Waals surface area contributed by atoms with Crippen LogP contribution < -0.4 is 19.5 Å². The van der Waals surface area contributed by atoms with Crippen LogP contribution in [0.2, 0.25) is 0 Å². The molecule has 0 radical (unpaired) electrons. The second kappa shape index (κ2) is 8.87. The topological polar surface area (TPSA) is 60.0 Å². The Morgan fingerprint density at radius 2 is 1.68 bits per heavy atom. The van der Waals surface area contributed by atoms with Crippen molar-refractivity contribution in [3.05, 3.63) is 47.0 Å². The van der Waals surface area contributed by atoms with Crippen LogP contribution in [0.5, 0.6) is 17.2 Å². The number of hydrogen-bond acceptors (Lipinski definition) is 5. The number of ether oxygens (including phenoxy) is 3. The third kappa shape index (κ3) is 4.32. The Bertz CT molecular complexity index is 851. The molecule has 6 heteroatoms. The van der Waals surface area contributed by atoms with E-state index in [4.69, 9.17) is 14.2 Å². The number of rotatable bonds is 7. The van der Waals surface area contributed by atoms with Crippen molar-refractivity contribution >= 4 is 11.6 Å². The Kier molecular flexibility index (Phi) is 6.29. The van der Waals surface area contributed by atoms with Gasteiger partial charge >= 0.3 is 0 Å². The van der Waals surface area contributed by atoms with Crippen molar-refractivity contribution in [2.45, 2.75) is 26.3 Å². The molecule has 0 spiro atoms. The van der Waals surface area contributed by atoms with Crippen LogP contribution in [-0.2, 0) is 17.8 Å². The van der Waals surface area contributed by atoms with Gasteiger partial charge in [-0.05, 0) is 54.3 Å². The molecule has 1 aliphatic rings. The number of hydrogen-bond donors (Lipinski definition) is 1. The lowest BCUT2D eigenvalue weighted by Crippen LogP contribution is -2.36. The molecule has 0 saturated heterocycles. The Morgan fingerprint density at radius 1 is 1.00 bits per heavy atom. The van der Waals surface area contributed by atoms with Gasteiger partial charge in [-0.1, -0.05) is 6.07 Å². The minimum atomic E-state index is 0.138. The normalized spacial score (nSPS) is 12.9. The zero-order chi connectivity index (χ0) is 20.1. The number of nitrogens with one attached hydrogen (secondary N) is 1. The van der Waals surface area contributed by atoms with Gasteiger partial charge in [-0.3, -0.25) is 4.79 Å². The molecule has 2 aromatic rings. The summed E-state index contributed by atoms with van der Waals surface area (Å²) in [6.45, 7) is 3.91. The molecule has 2 aromatic carbocycles. The van der Waals surface area contributed by atoms with Gasteiger partial charge in [0.25, 0.3) is 0 Å². The fraction of sp³-hybridized carbons (Fsp3) is 0.409. The number of fused-ring (bicyclic) bond motifs is 1. The number of methoxy groups -OCH3 is 3. The number of aryl methyl sites for hydroxylation is 1. The maximum absolute atomic E-state index is 12.7. The van der Waals surface area contributed by atoms with E-state index in [1.54, 1.807) is 21.3 Å². The smallest absolute Gasteiger partial charge is 0.224 e. The van der Waals surface area contributed by atoms with Crippen molar-refractivity contribution < 1.29 is 19.0 Å². The highest BCUT2D eigenvalue weighted by Crippen LogP contribution is 2.33. The summed E-state index contributed by atoms with van der Waals surface area (Å²) in [6, 6.07) is 9.96. The largest absolute Gasteiger partial charge is 0.495 e. The summed E-state index contributed by atoms with van der Waals surface area (Å²) in [7, 11) is 4.91. The number of carbonyl (C=O) groups is 1. The van der Waals surface area contributed by atoms with Gasteiger partial charge in [-0.25, -0.2) is 0 Å². The van der Waals surface area contributed by atoms with Crippen LogP contribution >= 0.6 is 0 Å². The van der Waals surface area contributed by atoms with Gasteiger partial charge in [-0.15, -0.1) is 0 Å². The van der Waals surface area contributed by atoms with Crippen molar-refractivity contribution in [1.82, 2.24) is 4.90 Å². The second-order valence-corrected chi connectivity index (χ2v) is 6.92. The summed E-state index contributed by atoms with van der Waals surface area (Å²) < 4.78 is 16.1. The minimum absolute atomic E-state index is 0.138. The van der Waals surface area contributed by atoms with E-state index in [1.807, 2.05) is 42.2 Å². The number of anilines is 1. The first kappa shape index (κ1) is 19.9. The highest BCUT2D eigenvalue weighted by atomic mass is 16.5. The van der Waals surface area contributed by atoms with Gasteiger partial charge in [0.1, 0.15) is 5.75 Å². The predicted molar refractivity (Wildman–Crippen MR) is 110 cm³/mol. The number of amides is 1. The van der Waals surface area contributed by atoms with E-state index in [0.29, 0.717) is 25.3 Å². The van der Waals surface area contributed by atoms with Crippen molar-refractivity contribution in [3.63, 3.8) is 0 Å². The Morgan fingerprint density at radius 3 is 2.36 bits per heavy atom. The fourth-order valence-corrected chi connectivity index (χ4v) is 3.52. The molecule has 0 fully saturated rings. The maximum Gasteiger partial charge on any atom is 0.224 e. The zero-order valence-corrected chi connectivity index (χ0v) is 17.0. The van der Waals surface area contributed by atoms with Gasteiger partial charge in [-0.2, -0.15) is 0 Å². The Balaban J connectivity index is 1.60. The highest BCUT2D eigenvalue weighted by Gasteiger charge is 2.22. The standard InChI is InChI=1S/C22H28N2O4/c1-15-5-6-19(26-2)18(11-15)23-9-7-22(25)24-10-8-16-12-20(27-3)21(28-4)13-17(16)14-24/h5-6,11-13,23H,7-10,14H2,1-4H3. The van der Waals surface area contributed by atoms with Gasteiger partial charge in [0.05, 0.1) is 27.0 Å². The van der Waals surface area contributed by atoms with Gasteiger partial charge < -0.3 is 24.4 Å². The van der Waals surface area contributed by atoms with E-state index < -0.39 is 0 Å². The summed E-state index contributed by atoms with van der Waals surface area (Å²) >= 11 is 0. The van der Waals surface area contributed by atoms with E-state index in [1.165, 1.54) is 5.56 Å². The molecule has 150 valence electrons. The summed E-state index contributed by atoms with van der Waals surface area (Å²) in [5.74, 6) is 2.35. The molecule has 0 saturated carbocycles. The van der Waals surface area contributed by atoms with E-state index in [-0.39, 0.29) is 5.91 Å². The van der Waals surface area contributed by atoms with Crippen LogP contribution in [-0.4, -0.2) is 45.2 Å². The molecule has 6 nitrogen and oxygen atoms in total. The fourth-order valence-electron chi connectivity index (χ4n) is 3.52. The SMILES string of the molecule is COc1ccc(C)cc1NCCC(=O)N1CCc2cc(OC)c(OC)cc2C1. The van der Waals surface area contributed by atoms with Crippen molar-refractivity contribution in [3.8, 4) is 17.2 Å². The summed E-state index contributed by atoms with van der Waals surface area (Å²) in [6.07, 6.45) is 1.25. The number of nitrogens with zero attached hydrogens (tertiary/aromatic N) is 1. The predicted octanol–water partition coefficient (Wildman–Crippen LogP) is 3.41. The molecule has 28 heavy (non-hydrogen) atoms. The Labute approximate surface area is 166 Å². The lowest BCUT2D eigenvalue weighted by atomic mass is 9.98. The van der Waals surface area contributed by atoms with Crippen molar-refractivity contribution in [2.75, 3.05) is 39.7 Å². The number of carbonyl (C=O) groups excluding carboxylic acids is 1. The van der Waals surface area contributed by atoms with E-state index in [0.717, 1.165) is 41.3 Å². The maximum atomic E-state index is 12.7. The van der Waals surface area contributed by atoms with Crippen LogP contribution in [0, 0.1) is 6.92 Å². The van der Waals surface area contributed by atoms with Crippen molar-refractivity contribution in [2.24, 2.45) is 0 Å². The van der Waals surface area contributed by atoms with Crippen LogP contribution in [0.4, 0.5) is 5.69 Å². The van der Waals surface area contributed by atoms with Crippen LogP contribution in [0.1, 0.15) is 23.1 Å². The molecule has 1 heterocycles. The first-order valence-electron chi connectivity index (χ1n) is 9.45. The molecule has 0 aromatic heterocycles. The lowest BCUT2D eigenvalue weighted by Gasteiger charge is -2.30. The quantitative estimate of drug-likeness (QED) is 0.793. The van der Waals surface area contributed by atoms with E-state index in [2.05, 4.69) is 5.32 Å². The zero-order valence-electron chi connectivity index (χ0n) is 17.0. The Hall–Kier alpha value is -2.89. The first-order valence-corrected chi connectivity index (χ1v) is 9.45. The molecule has 0 aliphatic carbocycles. The monoisotopic (exact) mass is 384 g/mol. The first-order chi connectivity index (χ1) is 13.5. The summed E-state index contributed by atoms with van der Waals surface area (Å²) in [5.41, 5.74) is 4.39. The average molecular weight is 384 g/mol. The average Bonchev–Trinajstić information content (AvgIpc) is 2.72. The second-order valence-electron chi connectivity index (χ2n) is 6.92. The third-order valence-corrected chi connectivity index (χ3v) is 5.08. The molecular formula is C22H28N2O4. The third-order valence-electron chi connectivity index (χ3n) is 5.08. The summed E-state index contributed by atoms with van der Waals surface area (Å²) in [5, 5.41) is 3.32. The number of benzene rings is 2. The van der Waals surface area contributed by atoms with Crippen LogP contribution in [0.3, 0.4) is 0 Å². The molecule has 3 rings (SSSR count). The minimum Gasteiger partial charge on any atom is -0.495 e. The highest BCUT2D eigenvalue weighted by molar-refractivity contribution is 5.77. The van der Waals surface area contributed by atoms with Gasteiger partial charge in [0.15, 0.2) is 11.5 Å².